The summed E-state index contributed by atoms with van der Waals surface area (Å²) in [6, 6.07) is 4.69. The summed E-state index contributed by atoms with van der Waals surface area (Å²) in [4.78, 5) is 17.5. The molecule has 134 valence electrons. The first-order chi connectivity index (χ1) is 11.9. The lowest BCUT2D eigenvalue weighted by molar-refractivity contribution is -0.122. The highest BCUT2D eigenvalue weighted by atomic mass is 32.2. The highest BCUT2D eigenvalue weighted by Gasteiger charge is 2.21. The van der Waals surface area contributed by atoms with E-state index in [0.29, 0.717) is 11.3 Å². The van der Waals surface area contributed by atoms with E-state index >= 15 is 0 Å². The summed E-state index contributed by atoms with van der Waals surface area (Å²) < 4.78 is 25.7. The second kappa shape index (κ2) is 7.23. The minimum absolute atomic E-state index is 0.00359. The molecule has 1 fully saturated rings. The molecule has 0 radical (unpaired) electrons. The number of nitrogens with zero attached hydrogens (tertiary/aromatic N) is 2. The largest absolute Gasteiger partial charge is 0.313 e. The van der Waals surface area contributed by atoms with Gasteiger partial charge in [0.05, 0.1) is 15.1 Å². The Kier molecular flexibility index (Phi) is 5.21. The lowest BCUT2D eigenvalue weighted by atomic mass is 9.89. The molecule has 1 aromatic heterocycles. The molecule has 0 atom stereocenters. The van der Waals surface area contributed by atoms with Crippen molar-refractivity contribution < 1.29 is 13.2 Å². The van der Waals surface area contributed by atoms with E-state index in [9.17, 15) is 13.2 Å². The number of aromatic nitrogens is 1. The summed E-state index contributed by atoms with van der Waals surface area (Å²) in [5.74, 6) is -0.0909. The quantitative estimate of drug-likeness (QED) is 0.827. The molecule has 1 aliphatic rings. The first-order valence-electron chi connectivity index (χ1n) is 8.26. The van der Waals surface area contributed by atoms with Crippen LogP contribution in [0.15, 0.2) is 40.7 Å². The lowest BCUT2D eigenvalue weighted by Gasteiger charge is -2.17. The van der Waals surface area contributed by atoms with Crippen molar-refractivity contribution in [2.75, 3.05) is 0 Å². The number of allylic oxidation sites excluding steroid dienone is 1. The van der Waals surface area contributed by atoms with Crippen LogP contribution < -0.4 is 9.94 Å². The molecule has 0 spiro atoms. The van der Waals surface area contributed by atoms with Crippen LogP contribution in [0, 0.1) is 5.92 Å². The Labute approximate surface area is 150 Å². The van der Waals surface area contributed by atoms with Crippen LogP contribution in [-0.2, 0) is 21.4 Å². The molecule has 2 aromatic rings. The zero-order valence-electron chi connectivity index (χ0n) is 13.8. The van der Waals surface area contributed by atoms with Gasteiger partial charge in [0.25, 0.3) is 5.91 Å². The highest BCUT2D eigenvalue weighted by molar-refractivity contribution is 7.89. The third-order valence-electron chi connectivity index (χ3n) is 4.45. The standard InChI is InChI=1S/C17H21N3O3S2/c1-2-10-20-14-9-8-13(25(18,22)23)11-15(14)24-17(20)19-16(21)12-6-4-3-5-7-12/h2,8-9,11-12H,1,3-7,10H2,(H2,18,22,23). The predicted molar refractivity (Wildman–Crippen MR) is 98.5 cm³/mol. The number of amides is 1. The Hall–Kier alpha value is -1.77. The SMILES string of the molecule is C=CCn1c(=NC(=O)C2CCCCC2)sc2cc(S(N)(=O)=O)ccc21. The Morgan fingerprint density at radius 1 is 1.36 bits per heavy atom. The molecule has 1 saturated carbocycles. The topological polar surface area (TPSA) is 94.5 Å². The van der Waals surface area contributed by atoms with Gasteiger partial charge in [0.2, 0.25) is 10.0 Å². The van der Waals surface area contributed by atoms with Gasteiger partial charge in [0, 0.05) is 12.5 Å². The van der Waals surface area contributed by atoms with Crippen LogP contribution in [0.2, 0.25) is 0 Å². The van der Waals surface area contributed by atoms with Crippen LogP contribution in [0.5, 0.6) is 0 Å². The molecule has 0 aliphatic heterocycles. The van der Waals surface area contributed by atoms with E-state index in [1.54, 1.807) is 12.1 Å². The van der Waals surface area contributed by atoms with Crippen LogP contribution in [0.1, 0.15) is 32.1 Å². The maximum Gasteiger partial charge on any atom is 0.251 e. The monoisotopic (exact) mass is 379 g/mol. The summed E-state index contributed by atoms with van der Waals surface area (Å²) in [5, 5.41) is 5.21. The number of sulfonamides is 1. The zero-order chi connectivity index (χ0) is 18.0. The Bertz CT molecular complexity index is 980. The van der Waals surface area contributed by atoms with E-state index in [4.69, 9.17) is 5.14 Å². The van der Waals surface area contributed by atoms with E-state index in [2.05, 4.69) is 11.6 Å². The van der Waals surface area contributed by atoms with Crippen LogP contribution in [-0.4, -0.2) is 18.9 Å². The van der Waals surface area contributed by atoms with Crippen molar-refractivity contribution in [1.29, 1.82) is 0 Å². The summed E-state index contributed by atoms with van der Waals surface area (Å²) >= 11 is 1.29. The fourth-order valence-corrected chi connectivity index (χ4v) is 4.85. The lowest BCUT2D eigenvalue weighted by Crippen LogP contribution is -2.21. The number of hydrogen-bond acceptors (Lipinski definition) is 4. The molecule has 6 nitrogen and oxygen atoms in total. The summed E-state index contributed by atoms with van der Waals surface area (Å²) in [6.45, 7) is 4.24. The number of hydrogen-bond donors (Lipinski definition) is 1. The number of benzene rings is 1. The van der Waals surface area contributed by atoms with E-state index in [0.717, 1.165) is 35.9 Å². The molecule has 0 saturated heterocycles. The zero-order valence-corrected chi connectivity index (χ0v) is 15.5. The molecule has 1 aromatic carbocycles. The van der Waals surface area contributed by atoms with Crippen molar-refractivity contribution in [3.05, 3.63) is 35.7 Å². The predicted octanol–water partition coefficient (Wildman–Crippen LogP) is 2.54. The minimum Gasteiger partial charge on any atom is -0.313 e. The minimum atomic E-state index is -3.77. The summed E-state index contributed by atoms with van der Waals surface area (Å²) in [5.41, 5.74) is 0.812. The number of carbonyl (C=O) groups excluding carboxylic acids is 1. The molecule has 1 heterocycles. The molecule has 25 heavy (non-hydrogen) atoms. The summed E-state index contributed by atoms with van der Waals surface area (Å²) in [7, 11) is -3.77. The number of primary sulfonamides is 1. The summed E-state index contributed by atoms with van der Waals surface area (Å²) in [6.07, 6.45) is 6.84. The molecular formula is C17H21N3O3S2. The first-order valence-corrected chi connectivity index (χ1v) is 10.6. The molecule has 1 amide bonds. The molecule has 2 N–H and O–H groups in total. The van der Waals surface area contributed by atoms with Crippen molar-refractivity contribution in [3.63, 3.8) is 0 Å². The molecule has 1 aliphatic carbocycles. The van der Waals surface area contributed by atoms with Gasteiger partial charge in [0.15, 0.2) is 4.80 Å². The van der Waals surface area contributed by atoms with Gasteiger partial charge in [-0.05, 0) is 31.0 Å². The molecule has 8 heteroatoms. The van der Waals surface area contributed by atoms with Crippen molar-refractivity contribution in [3.8, 4) is 0 Å². The van der Waals surface area contributed by atoms with Crippen molar-refractivity contribution in [1.82, 2.24) is 4.57 Å². The van der Waals surface area contributed by atoms with Crippen LogP contribution in [0.3, 0.4) is 0 Å². The number of nitrogens with two attached hydrogens (primary N) is 1. The molecule has 3 rings (SSSR count). The third-order valence-corrected chi connectivity index (χ3v) is 6.41. The van der Waals surface area contributed by atoms with Crippen LogP contribution >= 0.6 is 11.3 Å². The van der Waals surface area contributed by atoms with Gasteiger partial charge in [-0.3, -0.25) is 4.79 Å². The fourth-order valence-electron chi connectivity index (χ4n) is 3.16. The third kappa shape index (κ3) is 3.91. The average Bonchev–Trinajstić information content (AvgIpc) is 2.92. The molecule has 0 bridgehead atoms. The second-order valence-electron chi connectivity index (χ2n) is 6.24. The van der Waals surface area contributed by atoms with Crippen molar-refractivity contribution in [2.24, 2.45) is 16.0 Å². The van der Waals surface area contributed by atoms with Gasteiger partial charge < -0.3 is 4.57 Å². The van der Waals surface area contributed by atoms with Gasteiger partial charge in [0.1, 0.15) is 0 Å². The maximum absolute atomic E-state index is 12.5. The van der Waals surface area contributed by atoms with Gasteiger partial charge in [-0.25, -0.2) is 13.6 Å². The Morgan fingerprint density at radius 3 is 2.72 bits per heavy atom. The Balaban J connectivity index is 2.09. The van der Waals surface area contributed by atoms with E-state index in [1.165, 1.54) is 29.9 Å². The fraction of sp³-hybridized carbons (Fsp3) is 0.412. The number of rotatable bonds is 4. The smallest absolute Gasteiger partial charge is 0.251 e. The van der Waals surface area contributed by atoms with E-state index < -0.39 is 10.0 Å². The van der Waals surface area contributed by atoms with Crippen LogP contribution in [0.4, 0.5) is 0 Å². The Morgan fingerprint density at radius 2 is 2.08 bits per heavy atom. The van der Waals surface area contributed by atoms with Crippen LogP contribution in [0.25, 0.3) is 10.2 Å². The molecular weight excluding hydrogens is 358 g/mol. The number of fused-ring (bicyclic) bond motifs is 1. The van der Waals surface area contributed by atoms with Crippen molar-refractivity contribution >= 4 is 37.5 Å². The maximum atomic E-state index is 12.5. The highest BCUT2D eigenvalue weighted by Crippen LogP contribution is 2.25. The molecule has 0 unspecified atom stereocenters. The van der Waals surface area contributed by atoms with Crippen molar-refractivity contribution in [2.45, 2.75) is 43.5 Å². The number of thiazole rings is 1. The number of carbonyl (C=O) groups is 1. The van der Waals surface area contributed by atoms with E-state index in [-0.39, 0.29) is 16.7 Å². The van der Waals surface area contributed by atoms with Gasteiger partial charge in [-0.2, -0.15) is 4.99 Å². The second-order valence-corrected chi connectivity index (χ2v) is 8.81. The first kappa shape index (κ1) is 18.0. The normalized spacial score (nSPS) is 17.1. The van der Waals surface area contributed by atoms with Gasteiger partial charge in [-0.1, -0.05) is 36.7 Å². The van der Waals surface area contributed by atoms with Gasteiger partial charge >= 0.3 is 0 Å². The van der Waals surface area contributed by atoms with E-state index in [1.807, 2.05) is 4.57 Å². The van der Waals surface area contributed by atoms with Gasteiger partial charge in [-0.15, -0.1) is 6.58 Å². The average molecular weight is 380 g/mol.